The lowest BCUT2D eigenvalue weighted by atomic mass is 10.1. The molecule has 0 atom stereocenters. The third kappa shape index (κ3) is 4.39. The Kier molecular flexibility index (Phi) is 5.96. The highest BCUT2D eigenvalue weighted by Crippen LogP contribution is 2.22. The van der Waals surface area contributed by atoms with Gasteiger partial charge < -0.3 is 10.6 Å². The molecule has 0 fully saturated rings. The smallest absolute Gasteiger partial charge is 0.255 e. The van der Waals surface area contributed by atoms with Crippen LogP contribution in [0.2, 0.25) is 5.02 Å². The maximum atomic E-state index is 12.5. The van der Waals surface area contributed by atoms with Crippen LogP contribution in [0.4, 0.5) is 11.4 Å². The number of nitrogens with zero attached hydrogens (tertiary/aromatic N) is 3. The molecule has 0 aliphatic heterocycles. The van der Waals surface area contributed by atoms with Gasteiger partial charge in [0.05, 0.1) is 0 Å². The number of rotatable bonds is 4. The first-order valence-electron chi connectivity index (χ1n) is 7.37. The van der Waals surface area contributed by atoms with Crippen LogP contribution < -0.4 is 10.6 Å². The minimum absolute atomic E-state index is 0.182. The first kappa shape index (κ1) is 18.5. The first-order chi connectivity index (χ1) is 12.5. The molecule has 0 saturated heterocycles. The predicted molar refractivity (Wildman–Crippen MR) is 98.1 cm³/mol. The Morgan fingerprint density at radius 1 is 1.00 bits per heavy atom. The number of allylic oxidation sites excluding steroid dienone is 2. The summed E-state index contributed by atoms with van der Waals surface area (Å²) in [6.07, 6.45) is 0. The Bertz CT molecular complexity index is 1010. The average Bonchev–Trinajstić information content (AvgIpc) is 2.65. The normalized spacial score (nSPS) is 9.19. The lowest BCUT2D eigenvalue weighted by Crippen LogP contribution is -2.13. The molecular formula is C19H12ClN5O. The molecule has 0 unspecified atom stereocenters. The van der Waals surface area contributed by atoms with E-state index in [1.807, 2.05) is 6.92 Å². The highest BCUT2D eigenvalue weighted by atomic mass is 35.5. The molecule has 6 nitrogen and oxygen atoms in total. The number of benzene rings is 2. The molecule has 0 aliphatic carbocycles. The van der Waals surface area contributed by atoms with Crippen molar-refractivity contribution in [2.24, 2.45) is 0 Å². The summed E-state index contributed by atoms with van der Waals surface area (Å²) in [6.45, 7) is 1.85. The van der Waals surface area contributed by atoms with Crippen molar-refractivity contribution in [1.29, 1.82) is 15.8 Å². The quantitative estimate of drug-likeness (QED) is 0.794. The lowest BCUT2D eigenvalue weighted by molar-refractivity contribution is 0.102. The molecule has 0 spiro atoms. The molecule has 1 amide bonds. The molecule has 0 bridgehead atoms. The Morgan fingerprint density at radius 3 is 2.38 bits per heavy atom. The van der Waals surface area contributed by atoms with E-state index in [0.717, 1.165) is 5.56 Å². The summed E-state index contributed by atoms with van der Waals surface area (Å²) in [5.74, 6) is -0.359. The van der Waals surface area contributed by atoms with Gasteiger partial charge in [-0.1, -0.05) is 23.7 Å². The minimum atomic E-state index is -0.359. The van der Waals surface area contributed by atoms with Gasteiger partial charge in [-0.15, -0.1) is 0 Å². The maximum Gasteiger partial charge on any atom is 0.255 e. The van der Waals surface area contributed by atoms with Crippen molar-refractivity contribution in [1.82, 2.24) is 0 Å². The van der Waals surface area contributed by atoms with Gasteiger partial charge in [-0.25, -0.2) is 0 Å². The largest absolute Gasteiger partial charge is 0.345 e. The molecule has 26 heavy (non-hydrogen) atoms. The van der Waals surface area contributed by atoms with Crippen LogP contribution in [0.1, 0.15) is 15.9 Å². The van der Waals surface area contributed by atoms with E-state index in [0.29, 0.717) is 22.0 Å². The number of nitrogens with one attached hydrogen (secondary N) is 2. The highest BCUT2D eigenvalue weighted by molar-refractivity contribution is 6.31. The molecule has 2 rings (SSSR count). The summed E-state index contributed by atoms with van der Waals surface area (Å²) in [5.41, 5.74) is 1.67. The van der Waals surface area contributed by atoms with E-state index in [1.54, 1.807) is 54.6 Å². The predicted octanol–water partition coefficient (Wildman–Crippen LogP) is 4.14. The first-order valence-corrected chi connectivity index (χ1v) is 7.75. The zero-order valence-corrected chi connectivity index (χ0v) is 14.4. The van der Waals surface area contributed by atoms with Crippen LogP contribution in [-0.4, -0.2) is 5.91 Å². The Balaban J connectivity index is 2.27. The van der Waals surface area contributed by atoms with E-state index >= 15 is 0 Å². The number of hydrogen-bond acceptors (Lipinski definition) is 5. The van der Waals surface area contributed by atoms with E-state index < -0.39 is 0 Å². The van der Waals surface area contributed by atoms with Crippen molar-refractivity contribution >= 4 is 28.9 Å². The van der Waals surface area contributed by atoms with Crippen LogP contribution in [0, 0.1) is 40.9 Å². The van der Waals surface area contributed by atoms with Crippen molar-refractivity contribution < 1.29 is 4.79 Å². The molecular weight excluding hydrogens is 350 g/mol. The Hall–Kier alpha value is -3.79. The molecule has 2 aromatic carbocycles. The second-order valence-corrected chi connectivity index (χ2v) is 5.64. The van der Waals surface area contributed by atoms with Gasteiger partial charge in [0.25, 0.3) is 5.91 Å². The Labute approximate surface area is 155 Å². The molecule has 0 saturated carbocycles. The average molecular weight is 362 g/mol. The number of anilines is 2. The molecule has 0 aromatic heterocycles. The lowest BCUT2D eigenvalue weighted by Gasteiger charge is -2.10. The number of aryl methyl sites for hydroxylation is 1. The number of amides is 1. The van der Waals surface area contributed by atoms with Crippen molar-refractivity contribution in [3.05, 3.63) is 69.9 Å². The van der Waals surface area contributed by atoms with E-state index in [1.165, 1.54) is 6.07 Å². The second-order valence-electron chi connectivity index (χ2n) is 5.20. The monoisotopic (exact) mass is 361 g/mol. The summed E-state index contributed by atoms with van der Waals surface area (Å²) in [7, 11) is 0. The fraction of sp³-hybridized carbons (Fsp3) is 0.0526. The van der Waals surface area contributed by atoms with Gasteiger partial charge in [-0.05, 0) is 42.8 Å². The fourth-order valence-corrected chi connectivity index (χ4v) is 2.26. The summed E-state index contributed by atoms with van der Waals surface area (Å²) in [6, 6.07) is 16.6. The van der Waals surface area contributed by atoms with Gasteiger partial charge in [-0.3, -0.25) is 4.79 Å². The molecule has 0 aliphatic rings. The zero-order valence-electron chi connectivity index (χ0n) is 13.7. The van der Waals surface area contributed by atoms with E-state index in [9.17, 15) is 4.79 Å². The van der Waals surface area contributed by atoms with Crippen molar-refractivity contribution in [3.8, 4) is 18.2 Å². The van der Waals surface area contributed by atoms with Crippen LogP contribution in [0.25, 0.3) is 0 Å². The van der Waals surface area contributed by atoms with Crippen LogP contribution in [0.15, 0.2) is 53.7 Å². The molecule has 2 aromatic rings. The number of carbonyl (C=O) groups excluding carboxylic acids is 1. The number of hydrogen-bond donors (Lipinski definition) is 2. The summed E-state index contributed by atoms with van der Waals surface area (Å²) < 4.78 is 0. The second kappa shape index (κ2) is 8.35. The third-order valence-corrected chi connectivity index (χ3v) is 3.66. The van der Waals surface area contributed by atoms with Crippen LogP contribution in [0.5, 0.6) is 0 Å². The van der Waals surface area contributed by atoms with Gasteiger partial charge in [0, 0.05) is 22.0 Å². The minimum Gasteiger partial charge on any atom is -0.345 e. The highest BCUT2D eigenvalue weighted by Gasteiger charge is 2.11. The third-order valence-electron chi connectivity index (χ3n) is 3.43. The zero-order chi connectivity index (χ0) is 19.1. The van der Waals surface area contributed by atoms with Gasteiger partial charge in [0.15, 0.2) is 5.57 Å². The maximum absolute atomic E-state index is 12.5. The van der Waals surface area contributed by atoms with Gasteiger partial charge in [0.1, 0.15) is 23.9 Å². The summed E-state index contributed by atoms with van der Waals surface area (Å²) >= 11 is 5.95. The molecule has 0 heterocycles. The Morgan fingerprint density at radius 2 is 1.73 bits per heavy atom. The van der Waals surface area contributed by atoms with E-state index in [-0.39, 0.29) is 17.2 Å². The molecule has 7 heteroatoms. The summed E-state index contributed by atoms with van der Waals surface area (Å²) in [4.78, 5) is 12.5. The SMILES string of the molecule is Cc1ccc(Cl)cc1NC(=O)c1cccc(NC(C#N)=C(C#N)C#N)c1. The van der Waals surface area contributed by atoms with Crippen LogP contribution in [0.3, 0.4) is 0 Å². The standard InChI is InChI=1S/C19H12ClN5O/c1-12-5-6-15(20)8-17(12)25-19(26)13-3-2-4-16(7-13)24-18(11-23)14(9-21)10-22/h2-8,24H,1H3,(H,25,26). The van der Waals surface area contributed by atoms with E-state index in [4.69, 9.17) is 27.4 Å². The number of nitriles is 3. The van der Waals surface area contributed by atoms with Crippen molar-refractivity contribution in [2.45, 2.75) is 6.92 Å². The van der Waals surface area contributed by atoms with Crippen LogP contribution in [-0.2, 0) is 0 Å². The van der Waals surface area contributed by atoms with Gasteiger partial charge >= 0.3 is 0 Å². The van der Waals surface area contributed by atoms with Crippen molar-refractivity contribution in [3.63, 3.8) is 0 Å². The van der Waals surface area contributed by atoms with Crippen LogP contribution >= 0.6 is 11.6 Å². The number of carbonyl (C=O) groups is 1. The topological polar surface area (TPSA) is 112 Å². The molecule has 126 valence electrons. The van der Waals surface area contributed by atoms with Gasteiger partial charge in [0.2, 0.25) is 0 Å². The fourth-order valence-electron chi connectivity index (χ4n) is 2.09. The van der Waals surface area contributed by atoms with E-state index in [2.05, 4.69) is 10.6 Å². The summed E-state index contributed by atoms with van der Waals surface area (Å²) in [5, 5.41) is 32.8. The van der Waals surface area contributed by atoms with Crippen molar-refractivity contribution in [2.75, 3.05) is 10.6 Å². The number of halogens is 1. The van der Waals surface area contributed by atoms with Gasteiger partial charge in [-0.2, -0.15) is 15.8 Å². The molecule has 0 radical (unpaired) electrons. The molecule has 2 N–H and O–H groups in total.